The van der Waals surface area contributed by atoms with E-state index in [1.165, 1.54) is 62.8 Å². The van der Waals surface area contributed by atoms with E-state index in [0.29, 0.717) is 62.7 Å². The lowest BCUT2D eigenvalue weighted by atomic mass is 9.63. The third kappa shape index (κ3) is 43.8. The maximum Gasteiger partial charge on any atom is 0.487 e. The Morgan fingerprint density at radius 1 is 0.547 bits per heavy atom. The van der Waals surface area contributed by atoms with Gasteiger partial charge in [0.1, 0.15) is 24.4 Å². The summed E-state index contributed by atoms with van der Waals surface area (Å²) >= 11 is 0. The number of H-pyrrole nitrogens is 1. The number of tetrazole rings is 1. The van der Waals surface area contributed by atoms with Crippen molar-refractivity contribution in [2.24, 2.45) is 47.5 Å². The molecule has 6 aromatic rings. The van der Waals surface area contributed by atoms with Crippen LogP contribution >= 0.6 is 0 Å². The molecular formula is C109H185B6N13O11. The van der Waals surface area contributed by atoms with E-state index >= 15 is 0 Å². The zero-order valence-electron chi connectivity index (χ0n) is 94.0. The number of benzene rings is 3. The van der Waals surface area contributed by atoms with Crippen LogP contribution in [0, 0.1) is 32.5 Å². The molecule has 770 valence electrons. The number of nitrogens with one attached hydrogen (secondary N) is 3. The average Bonchev–Trinajstić information content (AvgIpc) is 1.68. The third-order valence-corrected chi connectivity index (χ3v) is 23.5. The summed E-state index contributed by atoms with van der Waals surface area (Å²) in [6.45, 7) is 98.8. The van der Waals surface area contributed by atoms with E-state index in [-0.39, 0.29) is 105 Å². The van der Waals surface area contributed by atoms with E-state index in [4.69, 9.17) is 32.3 Å². The van der Waals surface area contributed by atoms with E-state index in [1.54, 1.807) is 18.7 Å². The smallest absolute Gasteiger partial charge is 0.487 e. The SMILES string of the molecule is C.CB1CCC(C(C)(C)C)O1.CB1CN=C(C(C)(C)C)O1.CB1Cc2ccc(C(C)(C)C)cc2O1.CB1OCc2cc(C(C)(C)C)ccc21.CB1OCc2ccc(C(C)(C)C)cc21.CC(C)(C)C1=C(O)CCC1=O.CC(C)(C)C1=CCOB1O.CC(C)(C)C1=NC=CC1.CC(C)(C)C1=NCC(=O)N1.CC(C)(C)N1CC=CN1.CC(C)(C)c1ncco1.CC(C)(C)c1nn[nH]n1.CC(C)(C)n1cccn1. The van der Waals surface area contributed by atoms with Crippen molar-refractivity contribution in [2.45, 2.75) is 407 Å². The van der Waals surface area contributed by atoms with Gasteiger partial charge in [-0.1, -0.05) is 328 Å². The highest BCUT2D eigenvalue weighted by molar-refractivity contribution is 6.68. The van der Waals surface area contributed by atoms with Gasteiger partial charge in [-0.2, -0.15) is 10.3 Å². The molecular weight excluding hydrogens is 1730 g/mol. The van der Waals surface area contributed by atoms with Crippen molar-refractivity contribution in [1.82, 2.24) is 51.1 Å². The van der Waals surface area contributed by atoms with Gasteiger partial charge in [-0.15, -0.1) is 10.2 Å². The number of aromatic amines is 1. The lowest BCUT2D eigenvalue weighted by Crippen LogP contribution is -2.45. The fourth-order valence-electron chi connectivity index (χ4n) is 14.8. The molecule has 1 aliphatic carbocycles. The van der Waals surface area contributed by atoms with Crippen LogP contribution in [0.3, 0.4) is 0 Å². The topological polar surface area (TPSA) is 293 Å². The Hall–Kier alpha value is -8.39. The fraction of sp³-hybridized carbons (Fsp3) is 0.651. The van der Waals surface area contributed by atoms with Crippen LogP contribution in [0.25, 0.3) is 0 Å². The zero-order valence-corrected chi connectivity index (χ0v) is 94.0. The van der Waals surface area contributed by atoms with Crippen LogP contribution in [0.5, 0.6) is 5.75 Å². The molecule has 1 unspecified atom stereocenters. The molecule has 3 aromatic carbocycles. The van der Waals surface area contributed by atoms with Gasteiger partial charge in [-0.3, -0.25) is 29.2 Å². The predicted molar refractivity (Wildman–Crippen MR) is 589 cm³/mol. The lowest BCUT2D eigenvalue weighted by molar-refractivity contribution is -0.118. The second kappa shape index (κ2) is 52.2. The standard InChI is InChI=1S/3C12H17BO.C9H14O2.C8H17BO.C8H13N.C7H14BNO.C7H13BO2.C7H12N2O.C7H14N2.C7H12N2.C7H11NO.C5H10N4.CH4/c1-12(2,3)10-5-6-11-9(7-10)8-14-13(11)4;1-12(2,3)10-6-5-9-8-14-13(4)11(9)7-10;1-12(2,3)10-6-5-9-8-13(4)14-11(9)7-10;1-9(2,3)8-6(10)4-5-7(8)11;1-8(2,3)7-5-6-9(4)10-7;1-8(2,3)7-5-4-6-9-7;1-7(2,3)6-9-5-8(4)10-6;1-7(2,3)6-4-5-10-8(6)9;1-7(2,3)6-8-4-5(10)9-6;2*1-7(2,3)9-6-4-5-8-9;1-7(2,3)6-8-4-5-9-6;1-5(2,3)4-6-8-9-7-4;/h3*5-7H,8H2,1-4H3;10H,4-5H2,1-3H3;7H,5-6H2,1-4H3;4,6H,5H2,1-3H3;5H2,1-4H3;4,9H,5H2,1-3H3;4H2,1-3H3,(H,8,9,10);4-5,8H,6H2,1-3H3;4-6H,1-3H3;4-5H,1-3H3;1-3H3,(H,6,7,8,9);1H4. The molecule has 1 amide bonds. The molecule has 0 bridgehead atoms. The summed E-state index contributed by atoms with van der Waals surface area (Å²) in [5.41, 5.74) is 18.6. The van der Waals surface area contributed by atoms with Gasteiger partial charge in [0.05, 0.1) is 37.2 Å². The number of aliphatic hydroxyl groups excluding tert-OH is 1. The first kappa shape index (κ1) is 125. The lowest BCUT2D eigenvalue weighted by Gasteiger charge is -2.31. The van der Waals surface area contributed by atoms with Crippen LogP contribution in [0.15, 0.2) is 152 Å². The molecule has 24 nitrogen and oxygen atoms in total. The van der Waals surface area contributed by atoms with E-state index in [0.717, 1.165) is 73.6 Å². The number of nitrogens with zero attached hydrogens (tertiary/aromatic N) is 10. The number of aliphatic hydroxyl groups is 1. The first-order valence-corrected chi connectivity index (χ1v) is 49.9. The summed E-state index contributed by atoms with van der Waals surface area (Å²) < 4.78 is 40.1. The Balaban J connectivity index is 0.000000389. The molecule has 30 heteroatoms. The normalized spacial score (nSPS) is 17.2. The van der Waals surface area contributed by atoms with Crippen LogP contribution in [-0.2, 0) is 85.0 Å². The number of allylic oxidation sites excluding steroid dienone is 4. The van der Waals surface area contributed by atoms with E-state index in [9.17, 15) is 19.7 Å². The number of aliphatic imine (C=N–C) groups is 3. The molecule has 9 aliphatic heterocycles. The minimum absolute atomic E-state index is 0. The Labute approximate surface area is 844 Å². The highest BCUT2D eigenvalue weighted by Gasteiger charge is 2.38. The molecule has 0 radical (unpaired) electrons. The first-order chi connectivity index (χ1) is 62.9. The number of aromatic nitrogens is 7. The summed E-state index contributed by atoms with van der Waals surface area (Å²) in [5.74, 6) is 4.75. The number of oxazole rings is 1. The molecule has 16 rings (SSSR count). The average molecular weight is 1920 g/mol. The van der Waals surface area contributed by atoms with Gasteiger partial charge in [0.25, 0.3) is 6.92 Å². The maximum absolute atomic E-state index is 11.2. The fourth-order valence-corrected chi connectivity index (χ4v) is 14.8. The number of hydrogen-bond donors (Lipinski definition) is 5. The summed E-state index contributed by atoms with van der Waals surface area (Å²) in [7, 11) is -0.667. The number of carbonyl (C=O) groups excluding carboxylic acids is 2. The number of rotatable bonds is 0. The van der Waals surface area contributed by atoms with E-state index in [2.05, 4.69) is 363 Å². The number of carbonyl (C=O) groups is 2. The minimum Gasteiger partial charge on any atom is -0.561 e. The van der Waals surface area contributed by atoms with Crippen molar-refractivity contribution in [1.29, 1.82) is 0 Å². The molecule has 1 saturated heterocycles. The number of amides is 1. The Kier molecular flexibility index (Phi) is 46.9. The molecule has 0 saturated carbocycles. The van der Waals surface area contributed by atoms with Gasteiger partial charge in [0.15, 0.2) is 23.4 Å². The highest BCUT2D eigenvalue weighted by Crippen LogP contribution is 2.38. The molecule has 5 N–H and O–H groups in total. The largest absolute Gasteiger partial charge is 0.561 e. The number of fused-ring (bicyclic) bond motifs is 3. The molecule has 3 aromatic heterocycles. The Morgan fingerprint density at radius 2 is 1.12 bits per heavy atom. The maximum atomic E-state index is 11.2. The quantitative estimate of drug-likeness (QED) is 0.0883. The molecule has 1 atom stereocenters. The first-order valence-electron chi connectivity index (χ1n) is 49.9. The van der Waals surface area contributed by atoms with Crippen LogP contribution in [0.1, 0.15) is 348 Å². The van der Waals surface area contributed by atoms with Crippen LogP contribution in [-0.4, -0.2) is 159 Å². The zero-order chi connectivity index (χ0) is 105. The van der Waals surface area contributed by atoms with Gasteiger partial charge in [0.2, 0.25) is 5.91 Å². The number of Topliss-reactive ketones (excluding diaryl/α,β-unsaturated/α-hetero) is 1. The van der Waals surface area contributed by atoms with Crippen LogP contribution in [0.2, 0.25) is 40.4 Å². The number of hydrogen-bond acceptors (Lipinski definition) is 21. The summed E-state index contributed by atoms with van der Waals surface area (Å²) in [5, 5.41) is 41.1. The van der Waals surface area contributed by atoms with Gasteiger partial charge >= 0.3 is 34.8 Å². The molecule has 139 heavy (non-hydrogen) atoms. The summed E-state index contributed by atoms with van der Waals surface area (Å²) in [6, 6.07) is 22.0. The number of hydrazine groups is 1. The molecule has 1 fully saturated rings. The second-order valence-electron chi connectivity index (χ2n) is 50.6. The minimum atomic E-state index is -0.667. The number of ketones is 1. The Bertz CT molecular complexity index is 4860. The van der Waals surface area contributed by atoms with Gasteiger partial charge in [0, 0.05) is 107 Å². The van der Waals surface area contributed by atoms with E-state index in [1.807, 2.05) is 105 Å². The van der Waals surface area contributed by atoms with Crippen molar-refractivity contribution in [2.75, 3.05) is 26.1 Å². The molecule has 12 heterocycles. The van der Waals surface area contributed by atoms with Crippen molar-refractivity contribution >= 4 is 81.8 Å². The third-order valence-electron chi connectivity index (χ3n) is 23.5. The van der Waals surface area contributed by atoms with Crippen molar-refractivity contribution < 1.29 is 52.1 Å². The highest BCUT2D eigenvalue weighted by atomic mass is 16.5. The second-order valence-corrected chi connectivity index (χ2v) is 50.6. The van der Waals surface area contributed by atoms with Gasteiger partial charge < -0.3 is 53.2 Å². The number of amidine groups is 1. The van der Waals surface area contributed by atoms with Crippen LogP contribution in [0.4, 0.5) is 0 Å². The van der Waals surface area contributed by atoms with Crippen molar-refractivity contribution in [3.05, 3.63) is 178 Å². The van der Waals surface area contributed by atoms with Gasteiger partial charge in [-0.05, 0) is 169 Å². The summed E-state index contributed by atoms with van der Waals surface area (Å²) in [6.07, 6.45) is 24.0. The predicted octanol–water partition coefficient (Wildman–Crippen LogP) is 23.9. The summed E-state index contributed by atoms with van der Waals surface area (Å²) in [4.78, 5) is 38.5. The monoisotopic (exact) mass is 1920 g/mol. The van der Waals surface area contributed by atoms with Crippen LogP contribution < -0.4 is 26.3 Å². The van der Waals surface area contributed by atoms with Gasteiger partial charge in [-0.25, -0.2) is 9.99 Å². The van der Waals surface area contributed by atoms with Crippen molar-refractivity contribution in [3.63, 3.8) is 0 Å². The van der Waals surface area contributed by atoms with Crippen molar-refractivity contribution in [3.8, 4) is 5.75 Å². The Morgan fingerprint density at radius 3 is 1.45 bits per heavy atom. The molecule has 0 spiro atoms. The molecule has 10 aliphatic rings. The van der Waals surface area contributed by atoms with E-state index < -0.39 is 7.12 Å².